The molecular weight excluding hydrogens is 320 g/mol. The Morgan fingerprint density at radius 1 is 0.885 bits per heavy atom. The average molecular weight is 348 g/mol. The highest BCUT2D eigenvalue weighted by Gasteiger charge is 2.28. The van der Waals surface area contributed by atoms with Gasteiger partial charge in [0.15, 0.2) is 0 Å². The van der Waals surface area contributed by atoms with Gasteiger partial charge in [-0.25, -0.2) is 0 Å². The minimum Gasteiger partial charge on any atom is -0.496 e. The maximum atomic E-state index is 5.62. The van der Waals surface area contributed by atoms with E-state index in [4.69, 9.17) is 9.47 Å². The van der Waals surface area contributed by atoms with Crippen molar-refractivity contribution in [1.29, 1.82) is 0 Å². The van der Waals surface area contributed by atoms with Crippen molar-refractivity contribution in [2.24, 2.45) is 5.92 Å². The molecule has 0 N–H and O–H groups in total. The lowest BCUT2D eigenvalue weighted by Gasteiger charge is -2.32. The zero-order valence-electron chi connectivity index (χ0n) is 16.2. The standard InChI is InChI=1S/C24H28O2/c1-17-13-15-21(22-10-6-8-12-24(22)26-4)18(2)20(17)16-14-19-9-5-7-11-23(19)25-3/h5-12,14,16,18,21H,13,15H2,1-4H3/b16-14+/t18-,21-/m1/s1. The fourth-order valence-electron chi connectivity index (χ4n) is 4.05. The highest BCUT2D eigenvalue weighted by atomic mass is 16.5. The second-order valence-electron chi connectivity index (χ2n) is 6.99. The van der Waals surface area contributed by atoms with Crippen LogP contribution in [0.15, 0.2) is 65.8 Å². The van der Waals surface area contributed by atoms with E-state index in [0.29, 0.717) is 11.8 Å². The van der Waals surface area contributed by atoms with Crippen molar-refractivity contribution >= 4 is 6.08 Å². The fourth-order valence-corrected chi connectivity index (χ4v) is 4.05. The third-order valence-electron chi connectivity index (χ3n) is 5.54. The third-order valence-corrected chi connectivity index (χ3v) is 5.54. The molecule has 1 aliphatic carbocycles. The number of ether oxygens (including phenoxy) is 2. The number of hydrogen-bond donors (Lipinski definition) is 0. The fraction of sp³-hybridized carbons (Fsp3) is 0.333. The highest BCUT2D eigenvalue weighted by Crippen LogP contribution is 2.44. The molecule has 0 fully saturated rings. The number of hydrogen-bond acceptors (Lipinski definition) is 2. The van der Waals surface area contributed by atoms with Gasteiger partial charge in [-0.1, -0.05) is 61.0 Å². The van der Waals surface area contributed by atoms with Gasteiger partial charge < -0.3 is 9.47 Å². The Morgan fingerprint density at radius 2 is 1.54 bits per heavy atom. The average Bonchev–Trinajstić information content (AvgIpc) is 2.68. The van der Waals surface area contributed by atoms with E-state index in [1.165, 1.54) is 23.1 Å². The van der Waals surface area contributed by atoms with Crippen molar-refractivity contribution in [3.8, 4) is 11.5 Å². The summed E-state index contributed by atoms with van der Waals surface area (Å²) < 4.78 is 11.1. The molecule has 0 spiro atoms. The SMILES string of the molecule is COc1ccccc1/C=C/C1=C(C)CC[C@@H](c2ccccc2OC)[C@@H]1C. The molecule has 0 saturated carbocycles. The van der Waals surface area contributed by atoms with E-state index in [9.17, 15) is 0 Å². The molecule has 2 aromatic carbocycles. The van der Waals surface area contributed by atoms with Gasteiger partial charge >= 0.3 is 0 Å². The lowest BCUT2D eigenvalue weighted by molar-refractivity contribution is 0.388. The van der Waals surface area contributed by atoms with Crippen LogP contribution in [0.4, 0.5) is 0 Å². The third kappa shape index (κ3) is 3.70. The molecule has 0 saturated heterocycles. The van der Waals surface area contributed by atoms with Crippen molar-refractivity contribution in [3.63, 3.8) is 0 Å². The summed E-state index contributed by atoms with van der Waals surface area (Å²) in [4.78, 5) is 0. The number of methoxy groups -OCH3 is 2. The first-order valence-electron chi connectivity index (χ1n) is 9.29. The van der Waals surface area contributed by atoms with E-state index < -0.39 is 0 Å². The first kappa shape index (κ1) is 18.3. The van der Waals surface area contributed by atoms with E-state index in [1.807, 2.05) is 24.3 Å². The summed E-state index contributed by atoms with van der Waals surface area (Å²) in [5.74, 6) is 2.84. The summed E-state index contributed by atoms with van der Waals surface area (Å²) in [6.45, 7) is 4.60. The van der Waals surface area contributed by atoms with Crippen molar-refractivity contribution in [2.45, 2.75) is 32.6 Å². The summed E-state index contributed by atoms with van der Waals surface area (Å²) in [6, 6.07) is 16.6. The summed E-state index contributed by atoms with van der Waals surface area (Å²) in [6.07, 6.45) is 6.75. The Balaban J connectivity index is 1.90. The Kier molecular flexibility index (Phi) is 5.82. The number of rotatable bonds is 5. The van der Waals surface area contributed by atoms with E-state index in [0.717, 1.165) is 23.5 Å². The molecule has 1 aliphatic rings. The first-order chi connectivity index (χ1) is 12.7. The van der Waals surface area contributed by atoms with E-state index >= 15 is 0 Å². The molecule has 26 heavy (non-hydrogen) atoms. The topological polar surface area (TPSA) is 18.5 Å². The van der Waals surface area contributed by atoms with Crippen LogP contribution in [-0.4, -0.2) is 14.2 Å². The minimum absolute atomic E-state index is 0.450. The van der Waals surface area contributed by atoms with Crippen molar-refractivity contribution in [3.05, 3.63) is 76.9 Å². The second kappa shape index (κ2) is 8.27. The number of para-hydroxylation sites is 2. The van der Waals surface area contributed by atoms with E-state index in [2.05, 4.69) is 50.3 Å². The van der Waals surface area contributed by atoms with E-state index in [1.54, 1.807) is 14.2 Å². The maximum Gasteiger partial charge on any atom is 0.126 e. The van der Waals surface area contributed by atoms with Gasteiger partial charge in [0.05, 0.1) is 14.2 Å². The van der Waals surface area contributed by atoms with Gasteiger partial charge in [-0.15, -0.1) is 0 Å². The zero-order chi connectivity index (χ0) is 18.5. The Hall–Kier alpha value is -2.48. The van der Waals surface area contributed by atoms with E-state index in [-0.39, 0.29) is 0 Å². The van der Waals surface area contributed by atoms with Crippen LogP contribution in [0.5, 0.6) is 11.5 Å². The molecule has 2 heteroatoms. The molecule has 0 amide bonds. The largest absolute Gasteiger partial charge is 0.496 e. The van der Waals surface area contributed by atoms with Gasteiger partial charge in [0.25, 0.3) is 0 Å². The summed E-state index contributed by atoms with van der Waals surface area (Å²) in [7, 11) is 3.48. The van der Waals surface area contributed by atoms with Crippen LogP contribution >= 0.6 is 0 Å². The van der Waals surface area contributed by atoms with Gasteiger partial charge in [-0.3, -0.25) is 0 Å². The quantitative estimate of drug-likeness (QED) is 0.636. The molecule has 0 heterocycles. The van der Waals surface area contributed by atoms with Crippen molar-refractivity contribution < 1.29 is 9.47 Å². The molecule has 2 atom stereocenters. The molecule has 0 aliphatic heterocycles. The lowest BCUT2D eigenvalue weighted by Crippen LogP contribution is -2.18. The number of allylic oxidation sites excluding steroid dienone is 3. The van der Waals surface area contributed by atoms with Crippen LogP contribution in [0.25, 0.3) is 6.08 Å². The molecule has 0 unspecified atom stereocenters. The summed E-state index contributed by atoms with van der Waals surface area (Å²) in [5, 5.41) is 0. The zero-order valence-corrected chi connectivity index (χ0v) is 16.2. The van der Waals surface area contributed by atoms with Gasteiger partial charge in [0, 0.05) is 5.56 Å². The van der Waals surface area contributed by atoms with Crippen LogP contribution in [0.1, 0.15) is 43.7 Å². The molecule has 0 bridgehead atoms. The lowest BCUT2D eigenvalue weighted by atomic mass is 9.73. The van der Waals surface area contributed by atoms with Gasteiger partial charge in [0.1, 0.15) is 11.5 Å². The molecule has 2 aromatic rings. The molecular formula is C24H28O2. The van der Waals surface area contributed by atoms with Crippen LogP contribution in [-0.2, 0) is 0 Å². The molecule has 3 rings (SSSR count). The molecule has 2 nitrogen and oxygen atoms in total. The summed E-state index contributed by atoms with van der Waals surface area (Å²) >= 11 is 0. The highest BCUT2D eigenvalue weighted by molar-refractivity contribution is 5.60. The predicted molar refractivity (Wildman–Crippen MR) is 109 cm³/mol. The predicted octanol–water partition coefficient (Wildman–Crippen LogP) is 6.25. The van der Waals surface area contributed by atoms with Crippen LogP contribution in [0.3, 0.4) is 0 Å². The molecule has 0 radical (unpaired) electrons. The smallest absolute Gasteiger partial charge is 0.126 e. The number of benzene rings is 2. The van der Waals surface area contributed by atoms with Gasteiger partial charge in [0.2, 0.25) is 0 Å². The van der Waals surface area contributed by atoms with Crippen molar-refractivity contribution in [2.75, 3.05) is 14.2 Å². The molecule has 136 valence electrons. The first-order valence-corrected chi connectivity index (χ1v) is 9.29. The monoisotopic (exact) mass is 348 g/mol. The Morgan fingerprint density at radius 3 is 2.27 bits per heavy atom. The van der Waals surface area contributed by atoms with Crippen LogP contribution < -0.4 is 9.47 Å². The van der Waals surface area contributed by atoms with Gasteiger partial charge in [-0.05, 0) is 54.9 Å². The molecule has 0 aromatic heterocycles. The van der Waals surface area contributed by atoms with Crippen LogP contribution in [0, 0.1) is 5.92 Å². The van der Waals surface area contributed by atoms with Crippen LogP contribution in [0.2, 0.25) is 0 Å². The second-order valence-corrected chi connectivity index (χ2v) is 6.99. The minimum atomic E-state index is 0.450. The maximum absolute atomic E-state index is 5.62. The Bertz CT molecular complexity index is 816. The van der Waals surface area contributed by atoms with Crippen molar-refractivity contribution in [1.82, 2.24) is 0 Å². The Labute approximate surface area is 157 Å². The summed E-state index contributed by atoms with van der Waals surface area (Å²) in [5.41, 5.74) is 5.34. The van der Waals surface area contributed by atoms with Gasteiger partial charge in [-0.2, -0.15) is 0 Å². The normalized spacial score (nSPS) is 20.5.